The van der Waals surface area contributed by atoms with E-state index in [9.17, 15) is 22.4 Å². The Balaban J connectivity index is 1.80. The second kappa shape index (κ2) is 8.82. The molecule has 2 aromatic rings. The van der Waals surface area contributed by atoms with Crippen LogP contribution in [0.4, 0.5) is 17.6 Å². The maximum Gasteiger partial charge on any atom is 0.314 e. The Morgan fingerprint density at radius 2 is 1.63 bits per heavy atom. The SMILES string of the molecule is C#CCc1c(F)c(F)c(COC(=O)C(c2cnc(C3CC3)nc2)C(C)C)c(F)c1F. The topological polar surface area (TPSA) is 52.1 Å². The molecule has 0 saturated heterocycles. The summed E-state index contributed by atoms with van der Waals surface area (Å²) in [5.41, 5.74) is -1.40. The van der Waals surface area contributed by atoms with Crippen LogP contribution in [0.15, 0.2) is 12.4 Å². The summed E-state index contributed by atoms with van der Waals surface area (Å²) < 4.78 is 61.5. The van der Waals surface area contributed by atoms with Crippen LogP contribution < -0.4 is 0 Å². The van der Waals surface area contributed by atoms with Crippen molar-refractivity contribution in [2.45, 2.75) is 51.6 Å². The molecular formula is C22H20F4N2O2. The first-order chi connectivity index (χ1) is 14.3. The van der Waals surface area contributed by atoms with Crippen LogP contribution in [0.3, 0.4) is 0 Å². The first-order valence-corrected chi connectivity index (χ1v) is 9.51. The summed E-state index contributed by atoms with van der Waals surface area (Å²) in [6.07, 6.45) is 9.47. The lowest BCUT2D eigenvalue weighted by atomic mass is 9.90. The zero-order valence-corrected chi connectivity index (χ0v) is 16.5. The van der Waals surface area contributed by atoms with Gasteiger partial charge in [0, 0.05) is 35.9 Å². The van der Waals surface area contributed by atoms with E-state index < -0.39 is 59.3 Å². The highest BCUT2D eigenvalue weighted by molar-refractivity contribution is 5.78. The van der Waals surface area contributed by atoms with Gasteiger partial charge in [0.15, 0.2) is 23.3 Å². The minimum atomic E-state index is -1.63. The summed E-state index contributed by atoms with van der Waals surface area (Å²) >= 11 is 0. The normalized spacial score (nSPS) is 14.5. The molecule has 0 aliphatic heterocycles. The van der Waals surface area contributed by atoms with Gasteiger partial charge in [-0.1, -0.05) is 13.8 Å². The molecule has 1 fully saturated rings. The molecule has 158 valence electrons. The number of esters is 1. The average Bonchev–Trinajstić information content (AvgIpc) is 3.55. The molecule has 0 N–H and O–H groups in total. The van der Waals surface area contributed by atoms with Crippen molar-refractivity contribution >= 4 is 5.97 Å². The lowest BCUT2D eigenvalue weighted by Crippen LogP contribution is -2.22. The van der Waals surface area contributed by atoms with E-state index in [-0.39, 0.29) is 5.92 Å². The molecule has 1 aromatic heterocycles. The first-order valence-electron chi connectivity index (χ1n) is 9.51. The second-order valence-corrected chi connectivity index (χ2v) is 7.57. The number of halogens is 4. The van der Waals surface area contributed by atoms with E-state index in [1.165, 1.54) is 12.4 Å². The highest BCUT2D eigenvalue weighted by Gasteiger charge is 2.31. The van der Waals surface area contributed by atoms with Crippen molar-refractivity contribution in [1.29, 1.82) is 0 Å². The van der Waals surface area contributed by atoms with E-state index >= 15 is 0 Å². The number of carbonyl (C=O) groups is 1. The number of terminal acetylenes is 1. The highest BCUT2D eigenvalue weighted by atomic mass is 19.2. The molecule has 1 aliphatic carbocycles. The fourth-order valence-corrected chi connectivity index (χ4v) is 3.19. The van der Waals surface area contributed by atoms with Crippen molar-refractivity contribution in [2.75, 3.05) is 0 Å². The summed E-state index contributed by atoms with van der Waals surface area (Å²) in [5, 5.41) is 0. The minimum absolute atomic E-state index is 0.242. The molecule has 0 radical (unpaired) electrons. The summed E-state index contributed by atoms with van der Waals surface area (Å²) in [4.78, 5) is 21.2. The van der Waals surface area contributed by atoms with Crippen LogP contribution in [-0.2, 0) is 22.6 Å². The molecule has 3 rings (SSSR count). The van der Waals surface area contributed by atoms with Crippen LogP contribution in [0.1, 0.15) is 61.0 Å². The fraction of sp³-hybridized carbons (Fsp3) is 0.409. The molecule has 30 heavy (non-hydrogen) atoms. The van der Waals surface area contributed by atoms with Gasteiger partial charge in [0.05, 0.1) is 11.5 Å². The van der Waals surface area contributed by atoms with Gasteiger partial charge in [0.25, 0.3) is 0 Å². The number of benzene rings is 1. The average molecular weight is 420 g/mol. The van der Waals surface area contributed by atoms with Crippen LogP contribution in [0.5, 0.6) is 0 Å². The van der Waals surface area contributed by atoms with Gasteiger partial charge in [-0.3, -0.25) is 4.79 Å². The molecule has 1 saturated carbocycles. The standard InChI is InChI=1S/C22H20F4N2O2/c1-4-5-14-17(23)19(25)15(20(26)18(14)24)10-30-22(29)16(11(2)3)13-8-27-21(28-9-13)12-6-7-12/h1,8-9,11-12,16H,5-7,10H2,2-3H3. The second-order valence-electron chi connectivity index (χ2n) is 7.57. The molecule has 1 aliphatic rings. The Bertz CT molecular complexity index is 967. The van der Waals surface area contributed by atoms with E-state index in [0.717, 1.165) is 12.8 Å². The molecular weight excluding hydrogens is 400 g/mol. The number of carbonyl (C=O) groups excluding carboxylic acids is 1. The summed E-state index contributed by atoms with van der Waals surface area (Å²) in [5.74, 6) is -5.32. The van der Waals surface area contributed by atoms with Gasteiger partial charge in [0.2, 0.25) is 0 Å². The maximum absolute atomic E-state index is 14.2. The number of ether oxygens (including phenoxy) is 1. The Kier molecular flexibility index (Phi) is 6.40. The molecule has 0 amide bonds. The van der Waals surface area contributed by atoms with Crippen molar-refractivity contribution in [2.24, 2.45) is 5.92 Å². The molecule has 1 aromatic carbocycles. The van der Waals surface area contributed by atoms with Gasteiger partial charge < -0.3 is 4.74 Å². The highest BCUT2D eigenvalue weighted by Crippen LogP contribution is 2.38. The number of rotatable bonds is 7. The number of hydrogen-bond acceptors (Lipinski definition) is 4. The van der Waals surface area contributed by atoms with Gasteiger partial charge in [-0.25, -0.2) is 27.5 Å². The van der Waals surface area contributed by atoms with Gasteiger partial charge in [-0.05, 0) is 18.8 Å². The van der Waals surface area contributed by atoms with Gasteiger partial charge in [0.1, 0.15) is 12.4 Å². The first kappa shape index (κ1) is 21.8. The zero-order valence-electron chi connectivity index (χ0n) is 16.5. The van der Waals surface area contributed by atoms with E-state index in [1.54, 1.807) is 13.8 Å². The molecule has 8 heteroatoms. The maximum atomic E-state index is 14.2. The van der Waals surface area contributed by atoms with Gasteiger partial charge in [-0.15, -0.1) is 12.3 Å². The molecule has 1 heterocycles. The molecule has 0 spiro atoms. The zero-order chi connectivity index (χ0) is 22.0. The number of aromatic nitrogens is 2. The minimum Gasteiger partial charge on any atom is -0.460 e. The van der Waals surface area contributed by atoms with E-state index in [0.29, 0.717) is 17.3 Å². The van der Waals surface area contributed by atoms with Crippen LogP contribution in [0.2, 0.25) is 0 Å². The Labute approximate surface area is 171 Å². The van der Waals surface area contributed by atoms with Crippen LogP contribution in [0.25, 0.3) is 0 Å². The third-order valence-electron chi connectivity index (χ3n) is 5.00. The summed E-state index contributed by atoms with van der Waals surface area (Å²) in [6, 6.07) is 0. The quantitative estimate of drug-likeness (QED) is 0.285. The van der Waals surface area contributed by atoms with Crippen molar-refractivity contribution in [3.05, 3.63) is 58.2 Å². The molecule has 1 unspecified atom stereocenters. The van der Waals surface area contributed by atoms with Gasteiger partial charge >= 0.3 is 5.97 Å². The lowest BCUT2D eigenvalue weighted by Gasteiger charge is -2.20. The van der Waals surface area contributed by atoms with Crippen molar-refractivity contribution < 1.29 is 27.1 Å². The van der Waals surface area contributed by atoms with E-state index in [4.69, 9.17) is 11.2 Å². The number of hydrogen-bond donors (Lipinski definition) is 0. The fourth-order valence-electron chi connectivity index (χ4n) is 3.19. The molecule has 0 bridgehead atoms. The Morgan fingerprint density at radius 1 is 1.10 bits per heavy atom. The Morgan fingerprint density at radius 3 is 2.10 bits per heavy atom. The monoisotopic (exact) mass is 420 g/mol. The van der Waals surface area contributed by atoms with Crippen LogP contribution >= 0.6 is 0 Å². The lowest BCUT2D eigenvalue weighted by molar-refractivity contribution is -0.148. The third kappa shape index (κ3) is 4.30. The molecule has 4 nitrogen and oxygen atoms in total. The van der Waals surface area contributed by atoms with Crippen molar-refractivity contribution in [3.8, 4) is 12.3 Å². The smallest absolute Gasteiger partial charge is 0.314 e. The molecule has 1 atom stereocenters. The predicted octanol–water partition coefficient (Wildman–Crippen LogP) is 4.57. The van der Waals surface area contributed by atoms with Crippen LogP contribution in [-0.4, -0.2) is 15.9 Å². The van der Waals surface area contributed by atoms with E-state index in [2.05, 4.69) is 9.97 Å². The van der Waals surface area contributed by atoms with Gasteiger partial charge in [-0.2, -0.15) is 0 Å². The third-order valence-corrected chi connectivity index (χ3v) is 5.00. The van der Waals surface area contributed by atoms with Crippen molar-refractivity contribution in [3.63, 3.8) is 0 Å². The number of nitrogens with zero attached hydrogens (tertiary/aromatic N) is 2. The summed E-state index contributed by atoms with van der Waals surface area (Å²) in [6.45, 7) is 2.55. The van der Waals surface area contributed by atoms with E-state index in [1.807, 2.05) is 5.92 Å². The van der Waals surface area contributed by atoms with Crippen molar-refractivity contribution in [1.82, 2.24) is 9.97 Å². The Hall–Kier alpha value is -2.95. The largest absolute Gasteiger partial charge is 0.460 e. The predicted molar refractivity (Wildman–Crippen MR) is 100 cm³/mol. The van der Waals surface area contributed by atoms with Crippen LogP contribution in [0, 0.1) is 41.5 Å². The summed E-state index contributed by atoms with van der Waals surface area (Å²) in [7, 11) is 0.